The van der Waals surface area contributed by atoms with Gasteiger partial charge in [0.25, 0.3) is 0 Å². The molecule has 4 nitrogen and oxygen atoms in total. The van der Waals surface area contributed by atoms with Crippen LogP contribution < -0.4 is 4.72 Å². The molecule has 2 N–H and O–H groups in total. The first-order chi connectivity index (χ1) is 9.55. The number of aliphatic hydroxyl groups is 1. The molecule has 0 amide bonds. The molecule has 1 rings (SSSR count). The van der Waals surface area contributed by atoms with Gasteiger partial charge in [-0.25, -0.2) is 13.1 Å². The van der Waals surface area contributed by atoms with Crippen molar-refractivity contribution in [3.8, 4) is 0 Å². The van der Waals surface area contributed by atoms with E-state index >= 15 is 0 Å². The molecule has 1 aromatic carbocycles. The van der Waals surface area contributed by atoms with E-state index in [4.69, 9.17) is 0 Å². The van der Waals surface area contributed by atoms with E-state index < -0.39 is 10.0 Å². The Hall–Kier alpha value is -0.910. The largest absolute Gasteiger partial charge is 0.392 e. The highest BCUT2D eigenvalue weighted by Crippen LogP contribution is 2.17. The molecule has 0 aliphatic rings. The van der Waals surface area contributed by atoms with E-state index in [1.54, 1.807) is 18.2 Å². The Morgan fingerprint density at radius 1 is 1.10 bits per heavy atom. The lowest BCUT2D eigenvalue weighted by Crippen LogP contribution is -2.25. The van der Waals surface area contributed by atoms with Gasteiger partial charge in [-0.2, -0.15) is 0 Å². The number of nitrogens with one attached hydrogen (secondary N) is 1. The third kappa shape index (κ3) is 4.89. The number of aliphatic hydroxyl groups excluding tert-OH is 1. The van der Waals surface area contributed by atoms with Gasteiger partial charge in [-0.1, -0.05) is 39.2 Å². The first kappa shape index (κ1) is 17.1. The number of hydrogen-bond acceptors (Lipinski definition) is 3. The summed E-state index contributed by atoms with van der Waals surface area (Å²) >= 11 is 0. The van der Waals surface area contributed by atoms with E-state index in [1.807, 2.05) is 6.92 Å². The summed E-state index contributed by atoms with van der Waals surface area (Å²) in [7, 11) is -3.47. The average Bonchev–Trinajstić information content (AvgIpc) is 2.46. The Morgan fingerprint density at radius 2 is 1.85 bits per heavy atom. The second kappa shape index (κ2) is 8.39. The number of sulfonamides is 1. The minimum Gasteiger partial charge on any atom is -0.392 e. The van der Waals surface area contributed by atoms with Crippen LogP contribution in [0.25, 0.3) is 0 Å². The summed E-state index contributed by atoms with van der Waals surface area (Å²) in [5.41, 5.74) is 1.66. The molecular formula is C15H25NO3S. The van der Waals surface area contributed by atoms with Crippen LogP contribution in [0.15, 0.2) is 23.1 Å². The normalized spacial score (nSPS) is 11.8. The minimum absolute atomic E-state index is 0.136. The van der Waals surface area contributed by atoms with Crippen molar-refractivity contribution >= 4 is 10.0 Å². The number of benzene rings is 1. The monoisotopic (exact) mass is 299 g/mol. The van der Waals surface area contributed by atoms with Gasteiger partial charge in [0.1, 0.15) is 0 Å². The fraction of sp³-hybridized carbons (Fsp3) is 0.600. The van der Waals surface area contributed by atoms with Gasteiger partial charge in [0, 0.05) is 6.54 Å². The second-order valence-electron chi connectivity index (χ2n) is 4.90. The number of aryl methyl sites for hydroxylation is 1. The third-order valence-corrected chi connectivity index (χ3v) is 4.82. The van der Waals surface area contributed by atoms with E-state index in [2.05, 4.69) is 11.6 Å². The Balaban J connectivity index is 2.72. The summed E-state index contributed by atoms with van der Waals surface area (Å²) in [6, 6.07) is 4.94. The first-order valence-corrected chi connectivity index (χ1v) is 8.75. The van der Waals surface area contributed by atoms with E-state index in [0.29, 0.717) is 12.1 Å². The lowest BCUT2D eigenvalue weighted by Gasteiger charge is -2.10. The maximum atomic E-state index is 12.1. The summed E-state index contributed by atoms with van der Waals surface area (Å²) in [5, 5.41) is 9.30. The fourth-order valence-corrected chi connectivity index (χ4v) is 3.23. The molecule has 114 valence electrons. The van der Waals surface area contributed by atoms with Gasteiger partial charge in [0.05, 0.1) is 11.5 Å². The Bertz CT molecular complexity index is 512. The van der Waals surface area contributed by atoms with Crippen molar-refractivity contribution < 1.29 is 13.5 Å². The molecule has 0 atom stereocenters. The van der Waals surface area contributed by atoms with Crippen LogP contribution in [-0.4, -0.2) is 20.1 Å². The predicted molar refractivity (Wildman–Crippen MR) is 81.1 cm³/mol. The Kier molecular flexibility index (Phi) is 7.19. The molecule has 0 bridgehead atoms. The van der Waals surface area contributed by atoms with Crippen molar-refractivity contribution in [1.82, 2.24) is 4.72 Å². The summed E-state index contributed by atoms with van der Waals surface area (Å²) in [4.78, 5) is 0.231. The molecule has 0 fully saturated rings. The highest BCUT2D eigenvalue weighted by Gasteiger charge is 2.14. The number of unbranched alkanes of at least 4 members (excludes halogenated alkanes) is 3. The topological polar surface area (TPSA) is 66.4 Å². The zero-order valence-electron chi connectivity index (χ0n) is 12.4. The van der Waals surface area contributed by atoms with Crippen LogP contribution in [0, 0.1) is 0 Å². The molecule has 0 heterocycles. The zero-order chi connectivity index (χ0) is 15.0. The second-order valence-corrected chi connectivity index (χ2v) is 6.67. The van der Waals surface area contributed by atoms with E-state index in [0.717, 1.165) is 37.7 Å². The van der Waals surface area contributed by atoms with E-state index in [1.165, 1.54) is 0 Å². The Morgan fingerprint density at radius 3 is 2.45 bits per heavy atom. The zero-order valence-corrected chi connectivity index (χ0v) is 13.2. The van der Waals surface area contributed by atoms with Gasteiger partial charge in [-0.3, -0.25) is 0 Å². The molecule has 1 aromatic rings. The third-order valence-electron chi connectivity index (χ3n) is 3.36. The van der Waals surface area contributed by atoms with Crippen molar-refractivity contribution in [3.63, 3.8) is 0 Å². The van der Waals surface area contributed by atoms with Gasteiger partial charge < -0.3 is 5.11 Å². The smallest absolute Gasteiger partial charge is 0.240 e. The van der Waals surface area contributed by atoms with E-state index in [9.17, 15) is 13.5 Å². The number of hydrogen-bond donors (Lipinski definition) is 2. The summed E-state index contributed by atoms with van der Waals surface area (Å²) in [6.45, 7) is 4.43. The first-order valence-electron chi connectivity index (χ1n) is 7.27. The molecule has 0 aliphatic carbocycles. The standard InChI is InChI=1S/C15H25NO3S/c1-3-5-6-7-10-16-20(18,19)15-9-8-13(4-2)14(11-15)12-17/h8-9,11,16-17H,3-7,10,12H2,1-2H3. The molecule has 0 unspecified atom stereocenters. The van der Waals surface area contributed by atoms with Gasteiger partial charge in [0.2, 0.25) is 10.0 Å². The van der Waals surface area contributed by atoms with E-state index in [-0.39, 0.29) is 11.5 Å². The van der Waals surface area contributed by atoms with Crippen molar-refractivity contribution in [1.29, 1.82) is 0 Å². The minimum atomic E-state index is -3.47. The van der Waals surface area contributed by atoms with Crippen molar-refractivity contribution in [2.24, 2.45) is 0 Å². The number of rotatable bonds is 9. The van der Waals surface area contributed by atoms with Crippen LogP contribution in [0.5, 0.6) is 0 Å². The average molecular weight is 299 g/mol. The van der Waals surface area contributed by atoms with Crippen LogP contribution in [0.4, 0.5) is 0 Å². The van der Waals surface area contributed by atoms with Crippen LogP contribution in [0.1, 0.15) is 50.7 Å². The molecule has 0 aromatic heterocycles. The molecule has 0 radical (unpaired) electrons. The van der Waals surface area contributed by atoms with Gasteiger partial charge in [-0.15, -0.1) is 0 Å². The highest BCUT2D eigenvalue weighted by atomic mass is 32.2. The lowest BCUT2D eigenvalue weighted by molar-refractivity contribution is 0.280. The van der Waals surface area contributed by atoms with Crippen molar-refractivity contribution in [2.75, 3.05) is 6.54 Å². The maximum Gasteiger partial charge on any atom is 0.240 e. The van der Waals surface area contributed by atoms with Crippen LogP contribution in [0.2, 0.25) is 0 Å². The quantitative estimate of drug-likeness (QED) is 0.689. The van der Waals surface area contributed by atoms with Gasteiger partial charge in [0.15, 0.2) is 0 Å². The Labute approximate surface area is 122 Å². The highest BCUT2D eigenvalue weighted by molar-refractivity contribution is 7.89. The summed E-state index contributed by atoms with van der Waals surface area (Å²) in [6.07, 6.45) is 4.93. The summed E-state index contributed by atoms with van der Waals surface area (Å²) < 4.78 is 26.9. The van der Waals surface area contributed by atoms with Gasteiger partial charge >= 0.3 is 0 Å². The molecule has 0 spiro atoms. The van der Waals surface area contributed by atoms with Crippen LogP contribution in [-0.2, 0) is 23.1 Å². The SMILES string of the molecule is CCCCCCNS(=O)(=O)c1ccc(CC)c(CO)c1. The molecular weight excluding hydrogens is 274 g/mol. The maximum absolute atomic E-state index is 12.1. The fourth-order valence-electron chi connectivity index (χ4n) is 2.10. The van der Waals surface area contributed by atoms with Crippen LogP contribution >= 0.6 is 0 Å². The van der Waals surface area contributed by atoms with Crippen molar-refractivity contribution in [2.45, 2.75) is 57.5 Å². The summed E-state index contributed by atoms with van der Waals surface area (Å²) in [5.74, 6) is 0. The molecule has 20 heavy (non-hydrogen) atoms. The van der Waals surface area contributed by atoms with Gasteiger partial charge in [-0.05, 0) is 36.1 Å². The predicted octanol–water partition coefficient (Wildman–Crippen LogP) is 2.60. The molecule has 0 aliphatic heterocycles. The van der Waals surface area contributed by atoms with Crippen molar-refractivity contribution in [3.05, 3.63) is 29.3 Å². The molecule has 0 saturated carbocycles. The molecule has 0 saturated heterocycles. The van der Waals surface area contributed by atoms with Crippen LogP contribution in [0.3, 0.4) is 0 Å². The molecule has 5 heteroatoms. The lowest BCUT2D eigenvalue weighted by atomic mass is 10.1.